The summed E-state index contributed by atoms with van der Waals surface area (Å²) >= 11 is 0. The number of ketones is 2. The lowest BCUT2D eigenvalue weighted by atomic mass is 9.97. The molecule has 0 aromatic heterocycles. The second-order valence-electron chi connectivity index (χ2n) is 5.64. The minimum Gasteiger partial charge on any atom is -0.325 e. The minimum absolute atomic E-state index is 0.305. The van der Waals surface area contributed by atoms with Crippen molar-refractivity contribution in [3.8, 4) is 0 Å². The molecular weight excluding hydrogens is 268 g/mol. The van der Waals surface area contributed by atoms with Crippen LogP contribution >= 0.6 is 0 Å². The molecule has 0 saturated carbocycles. The second kappa shape index (κ2) is 5.07. The van der Waals surface area contributed by atoms with Crippen molar-refractivity contribution in [2.24, 2.45) is 0 Å². The van der Waals surface area contributed by atoms with Gasteiger partial charge in [-0.1, -0.05) is 30.7 Å². The number of rotatable bonds is 2. The Balaban J connectivity index is 2.11. The van der Waals surface area contributed by atoms with E-state index in [1.807, 2.05) is 4.90 Å². The zero-order valence-electron chi connectivity index (χ0n) is 12.0. The molecule has 1 aromatic rings. The Morgan fingerprint density at radius 3 is 2.05 bits per heavy atom. The van der Waals surface area contributed by atoms with Crippen LogP contribution in [0.2, 0.25) is 0 Å². The molecule has 1 saturated heterocycles. The molecule has 1 aliphatic carbocycles. The molecule has 1 heterocycles. The smallest absolute Gasteiger partial charge is 0.223 e. The summed E-state index contributed by atoms with van der Waals surface area (Å²) in [5.41, 5.74) is -0.723. The Bertz CT molecular complexity index is 583. The maximum Gasteiger partial charge on any atom is 0.223 e. The van der Waals surface area contributed by atoms with Gasteiger partial charge in [0, 0.05) is 31.1 Å². The van der Waals surface area contributed by atoms with Gasteiger partial charge in [0.2, 0.25) is 23.1 Å². The number of amides is 1. The van der Waals surface area contributed by atoms with Gasteiger partial charge < -0.3 is 5.32 Å². The third-order valence-corrected chi connectivity index (χ3v) is 4.26. The van der Waals surface area contributed by atoms with Crippen molar-refractivity contribution in [1.29, 1.82) is 0 Å². The topological polar surface area (TPSA) is 66.5 Å². The summed E-state index contributed by atoms with van der Waals surface area (Å²) < 4.78 is 0. The monoisotopic (exact) mass is 286 g/mol. The van der Waals surface area contributed by atoms with Crippen LogP contribution in [-0.4, -0.2) is 41.1 Å². The lowest BCUT2D eigenvalue weighted by molar-refractivity contribution is -0.122. The number of benzene rings is 1. The van der Waals surface area contributed by atoms with E-state index in [2.05, 4.69) is 5.32 Å². The van der Waals surface area contributed by atoms with Crippen molar-refractivity contribution < 1.29 is 14.4 Å². The number of fused-ring (bicyclic) bond motifs is 1. The molecule has 1 amide bonds. The molecule has 0 atom stereocenters. The van der Waals surface area contributed by atoms with Gasteiger partial charge in [-0.15, -0.1) is 0 Å². The van der Waals surface area contributed by atoms with Crippen molar-refractivity contribution in [3.63, 3.8) is 0 Å². The number of carbonyl (C=O) groups is 3. The summed E-state index contributed by atoms with van der Waals surface area (Å²) in [6.07, 6.45) is 2.94. The first-order chi connectivity index (χ1) is 10.1. The first-order valence-corrected chi connectivity index (χ1v) is 7.30. The number of carbonyl (C=O) groups excluding carboxylic acids is 3. The highest BCUT2D eigenvalue weighted by Crippen LogP contribution is 2.34. The first-order valence-electron chi connectivity index (χ1n) is 7.30. The molecule has 21 heavy (non-hydrogen) atoms. The molecule has 3 rings (SSSR count). The third-order valence-electron chi connectivity index (χ3n) is 4.26. The maximum atomic E-state index is 12.9. The maximum absolute atomic E-state index is 12.9. The zero-order valence-corrected chi connectivity index (χ0v) is 12.0. The van der Waals surface area contributed by atoms with Crippen LogP contribution in [0.15, 0.2) is 24.3 Å². The summed E-state index contributed by atoms with van der Waals surface area (Å²) in [7, 11) is 0. The summed E-state index contributed by atoms with van der Waals surface area (Å²) in [4.78, 5) is 39.3. The van der Waals surface area contributed by atoms with Crippen LogP contribution in [-0.2, 0) is 4.79 Å². The standard InChI is InChI=1S/C16H18N2O3/c1-11(19)17-16(18-9-5-2-6-10-18)14(20)12-7-3-4-8-13(12)15(16)21/h3-4,7-8H,2,5-6,9-10H2,1H3,(H,17,19). The van der Waals surface area contributed by atoms with E-state index in [9.17, 15) is 14.4 Å². The Labute approximate surface area is 123 Å². The van der Waals surface area contributed by atoms with E-state index in [4.69, 9.17) is 0 Å². The van der Waals surface area contributed by atoms with E-state index in [-0.39, 0.29) is 17.5 Å². The molecule has 110 valence electrons. The number of nitrogens with zero attached hydrogens (tertiary/aromatic N) is 1. The van der Waals surface area contributed by atoms with E-state index in [0.29, 0.717) is 24.2 Å². The molecular formula is C16H18N2O3. The number of Topliss-reactive ketones (excluding diaryl/α,β-unsaturated/α-hetero) is 2. The second-order valence-corrected chi connectivity index (χ2v) is 5.64. The van der Waals surface area contributed by atoms with Gasteiger partial charge in [0.1, 0.15) is 0 Å². The molecule has 2 aliphatic rings. The molecule has 0 bridgehead atoms. The largest absolute Gasteiger partial charge is 0.325 e. The summed E-state index contributed by atoms with van der Waals surface area (Å²) in [5.74, 6) is -0.976. The SMILES string of the molecule is CC(=O)NC1(N2CCCCC2)C(=O)c2ccccc2C1=O. The molecule has 0 unspecified atom stereocenters. The lowest BCUT2D eigenvalue weighted by Crippen LogP contribution is -2.68. The van der Waals surface area contributed by atoms with Crippen LogP contribution in [0.25, 0.3) is 0 Å². The Morgan fingerprint density at radius 1 is 1.05 bits per heavy atom. The average molecular weight is 286 g/mol. The summed E-state index contributed by atoms with van der Waals surface area (Å²) in [6, 6.07) is 6.79. The van der Waals surface area contributed by atoms with Crippen molar-refractivity contribution in [3.05, 3.63) is 35.4 Å². The van der Waals surface area contributed by atoms with E-state index in [0.717, 1.165) is 19.3 Å². The van der Waals surface area contributed by atoms with Crippen LogP contribution in [0.5, 0.6) is 0 Å². The molecule has 1 fully saturated rings. The number of piperidine rings is 1. The molecule has 1 aliphatic heterocycles. The zero-order chi connectivity index (χ0) is 15.0. The quantitative estimate of drug-likeness (QED) is 0.834. The van der Waals surface area contributed by atoms with E-state index >= 15 is 0 Å². The van der Waals surface area contributed by atoms with Gasteiger partial charge in [-0.3, -0.25) is 19.3 Å². The molecule has 5 heteroatoms. The van der Waals surface area contributed by atoms with Gasteiger partial charge in [-0.25, -0.2) is 0 Å². The average Bonchev–Trinajstić information content (AvgIpc) is 2.71. The number of nitrogens with one attached hydrogen (secondary N) is 1. The van der Waals surface area contributed by atoms with Crippen LogP contribution in [0.3, 0.4) is 0 Å². The molecule has 5 nitrogen and oxygen atoms in total. The number of hydrogen-bond donors (Lipinski definition) is 1. The van der Waals surface area contributed by atoms with Crippen molar-refractivity contribution in [2.45, 2.75) is 31.8 Å². The van der Waals surface area contributed by atoms with Crippen LogP contribution < -0.4 is 5.32 Å². The van der Waals surface area contributed by atoms with Crippen LogP contribution in [0.4, 0.5) is 0 Å². The highest BCUT2D eigenvalue weighted by Gasteiger charge is 2.57. The molecule has 1 aromatic carbocycles. The Kier molecular flexibility index (Phi) is 3.37. The summed E-state index contributed by atoms with van der Waals surface area (Å²) in [6.45, 7) is 2.63. The fourth-order valence-corrected chi connectivity index (χ4v) is 3.34. The predicted molar refractivity (Wildman–Crippen MR) is 77.1 cm³/mol. The highest BCUT2D eigenvalue weighted by atomic mass is 16.2. The van der Waals surface area contributed by atoms with Gasteiger partial charge in [0.05, 0.1) is 0 Å². The molecule has 1 N–H and O–H groups in total. The van der Waals surface area contributed by atoms with Gasteiger partial charge in [0.15, 0.2) is 0 Å². The predicted octanol–water partition coefficient (Wildman–Crippen LogP) is 1.38. The number of hydrogen-bond acceptors (Lipinski definition) is 4. The van der Waals surface area contributed by atoms with Crippen molar-refractivity contribution >= 4 is 17.5 Å². The third kappa shape index (κ3) is 2.00. The van der Waals surface area contributed by atoms with E-state index in [1.54, 1.807) is 24.3 Å². The highest BCUT2D eigenvalue weighted by molar-refractivity contribution is 6.33. The first kappa shape index (κ1) is 13.9. The fraction of sp³-hybridized carbons (Fsp3) is 0.438. The van der Waals surface area contributed by atoms with Crippen molar-refractivity contribution in [1.82, 2.24) is 10.2 Å². The molecule has 0 radical (unpaired) electrons. The van der Waals surface area contributed by atoms with Crippen LogP contribution in [0.1, 0.15) is 46.9 Å². The van der Waals surface area contributed by atoms with E-state index in [1.165, 1.54) is 6.92 Å². The van der Waals surface area contributed by atoms with E-state index < -0.39 is 5.66 Å². The Hall–Kier alpha value is -2.01. The van der Waals surface area contributed by atoms with Gasteiger partial charge in [0.25, 0.3) is 0 Å². The van der Waals surface area contributed by atoms with Gasteiger partial charge in [-0.2, -0.15) is 0 Å². The van der Waals surface area contributed by atoms with Gasteiger partial charge >= 0.3 is 0 Å². The Morgan fingerprint density at radius 2 is 1.57 bits per heavy atom. The van der Waals surface area contributed by atoms with Gasteiger partial charge in [-0.05, 0) is 12.8 Å². The summed E-state index contributed by atoms with van der Waals surface area (Å²) in [5, 5.41) is 2.66. The minimum atomic E-state index is -1.53. The van der Waals surface area contributed by atoms with Crippen molar-refractivity contribution in [2.75, 3.05) is 13.1 Å². The van der Waals surface area contributed by atoms with Crippen LogP contribution in [0, 0.1) is 0 Å². The molecule has 0 spiro atoms. The number of likely N-dealkylation sites (tertiary alicyclic amines) is 1. The normalized spacial score (nSPS) is 21.2. The lowest BCUT2D eigenvalue weighted by Gasteiger charge is -2.40. The fourth-order valence-electron chi connectivity index (χ4n) is 3.34.